The van der Waals surface area contributed by atoms with Gasteiger partial charge < -0.3 is 20.5 Å². The lowest BCUT2D eigenvalue weighted by Gasteiger charge is -2.16. The Bertz CT molecular complexity index is 900. The summed E-state index contributed by atoms with van der Waals surface area (Å²) in [6.07, 6.45) is -1.01. The maximum atomic E-state index is 12.5. The maximum absolute atomic E-state index is 12.5. The highest BCUT2D eigenvalue weighted by molar-refractivity contribution is 7.91. The smallest absolute Gasteiger partial charge is 0.244 e. The fourth-order valence-corrected chi connectivity index (χ4v) is 5.71. The van der Waals surface area contributed by atoms with Crippen LogP contribution in [0.3, 0.4) is 0 Å². The van der Waals surface area contributed by atoms with E-state index in [4.69, 9.17) is 4.74 Å². The van der Waals surface area contributed by atoms with Crippen LogP contribution in [-0.4, -0.2) is 71.7 Å². The number of benzene rings is 1. The maximum Gasteiger partial charge on any atom is 0.244 e. The lowest BCUT2D eigenvalue weighted by molar-refractivity contribution is -0.114. The molecule has 1 amide bonds. The first kappa shape index (κ1) is 21.6. The zero-order chi connectivity index (χ0) is 20.2. The van der Waals surface area contributed by atoms with Gasteiger partial charge in [-0.3, -0.25) is 4.79 Å². The van der Waals surface area contributed by atoms with Crippen LogP contribution in [0.25, 0.3) is 0 Å². The molecule has 0 aliphatic carbocycles. The van der Waals surface area contributed by atoms with Crippen molar-refractivity contribution in [3.63, 3.8) is 0 Å². The zero-order valence-electron chi connectivity index (χ0n) is 14.9. The number of carbonyl (C=O) groups is 1. The number of hydrogen-bond acceptors (Lipinski definition) is 8. The second kappa shape index (κ2) is 8.52. The summed E-state index contributed by atoms with van der Waals surface area (Å²) < 4.78 is 55.4. The lowest BCUT2D eigenvalue weighted by Crippen LogP contribution is -2.42. The minimum absolute atomic E-state index is 0.0287. The molecule has 0 unspecified atom stereocenters. The number of sulfonamides is 1. The molecule has 1 aromatic rings. The van der Waals surface area contributed by atoms with Crippen LogP contribution in [0.4, 0.5) is 5.69 Å². The molecule has 12 heteroatoms. The van der Waals surface area contributed by atoms with Gasteiger partial charge in [0.1, 0.15) is 10.6 Å². The first-order valence-corrected chi connectivity index (χ1v) is 11.4. The molecule has 1 heterocycles. The molecule has 1 fully saturated rings. The fraction of sp³-hybridized carbons (Fsp3) is 0.533. The summed E-state index contributed by atoms with van der Waals surface area (Å²) in [5.41, 5.74) is 0.307. The van der Waals surface area contributed by atoms with Crippen LogP contribution in [0.1, 0.15) is 6.92 Å². The number of rotatable bonds is 8. The summed E-state index contributed by atoms with van der Waals surface area (Å²) in [7, 11) is -5.89. The van der Waals surface area contributed by atoms with Crippen molar-refractivity contribution in [2.45, 2.75) is 24.0 Å². The highest BCUT2D eigenvalue weighted by Gasteiger charge is 2.35. The second-order valence-corrected chi connectivity index (χ2v) is 10.0. The highest BCUT2D eigenvalue weighted by atomic mass is 32.2. The molecule has 1 saturated heterocycles. The number of sulfone groups is 1. The molecule has 2 rings (SSSR count). The summed E-state index contributed by atoms with van der Waals surface area (Å²) in [6.45, 7) is 1.41. The second-order valence-electron chi connectivity index (χ2n) is 6.15. The average molecular weight is 421 g/mol. The summed E-state index contributed by atoms with van der Waals surface area (Å²) in [4.78, 5) is 11.0. The van der Waals surface area contributed by atoms with Gasteiger partial charge >= 0.3 is 0 Å². The van der Waals surface area contributed by atoms with Crippen LogP contribution in [0, 0.1) is 0 Å². The van der Waals surface area contributed by atoms with Crippen LogP contribution in [-0.2, 0) is 24.7 Å². The van der Waals surface area contributed by atoms with Gasteiger partial charge in [0.2, 0.25) is 15.9 Å². The molecule has 1 aliphatic heterocycles. The summed E-state index contributed by atoms with van der Waals surface area (Å²) in [5.74, 6) is -0.718. The van der Waals surface area contributed by atoms with Gasteiger partial charge in [-0.15, -0.1) is 0 Å². The predicted molar refractivity (Wildman–Crippen MR) is 98.9 cm³/mol. The Balaban J connectivity index is 2.00. The van der Waals surface area contributed by atoms with Crippen LogP contribution < -0.4 is 20.1 Å². The fourth-order valence-electron chi connectivity index (χ4n) is 2.71. The Morgan fingerprint density at radius 3 is 2.56 bits per heavy atom. The minimum Gasteiger partial charge on any atom is -0.495 e. The average Bonchev–Trinajstić information content (AvgIpc) is 2.83. The topological polar surface area (TPSA) is 151 Å². The Morgan fingerprint density at radius 1 is 1.30 bits per heavy atom. The van der Waals surface area contributed by atoms with E-state index in [1.165, 1.54) is 32.2 Å². The van der Waals surface area contributed by atoms with Crippen LogP contribution >= 0.6 is 0 Å². The molecule has 27 heavy (non-hydrogen) atoms. The van der Waals surface area contributed by atoms with E-state index in [0.29, 0.717) is 5.69 Å². The van der Waals surface area contributed by atoms with Crippen molar-refractivity contribution < 1.29 is 31.5 Å². The molecule has 0 aromatic heterocycles. The SMILES string of the molecule is COc1ccc(NC(C)=O)cc1S(=O)(=O)NCCN[C@@H]1CS(=O)(=O)C[C@H]1O. The van der Waals surface area contributed by atoms with Crippen LogP contribution in [0.5, 0.6) is 5.75 Å². The molecule has 152 valence electrons. The number of hydrogen-bond donors (Lipinski definition) is 4. The van der Waals surface area contributed by atoms with Gasteiger partial charge in [-0.05, 0) is 18.2 Å². The van der Waals surface area contributed by atoms with E-state index in [1.807, 2.05) is 0 Å². The monoisotopic (exact) mass is 421 g/mol. The number of aliphatic hydroxyl groups excluding tert-OH is 1. The van der Waals surface area contributed by atoms with E-state index >= 15 is 0 Å². The van der Waals surface area contributed by atoms with E-state index < -0.39 is 32.0 Å². The first-order chi connectivity index (χ1) is 12.5. The lowest BCUT2D eigenvalue weighted by atomic mass is 10.2. The molecule has 2 atom stereocenters. The Morgan fingerprint density at radius 2 is 2.00 bits per heavy atom. The summed E-state index contributed by atoms with van der Waals surface area (Å²) >= 11 is 0. The van der Waals surface area contributed by atoms with Crippen LogP contribution in [0.15, 0.2) is 23.1 Å². The van der Waals surface area contributed by atoms with E-state index in [1.54, 1.807) is 0 Å². The zero-order valence-corrected chi connectivity index (χ0v) is 16.6. The van der Waals surface area contributed by atoms with Crippen molar-refractivity contribution in [1.82, 2.24) is 10.0 Å². The normalized spacial score (nSPS) is 21.7. The molecule has 1 aromatic carbocycles. The molecule has 0 bridgehead atoms. The number of nitrogens with one attached hydrogen (secondary N) is 3. The molecule has 10 nitrogen and oxygen atoms in total. The van der Waals surface area contributed by atoms with Crippen molar-refractivity contribution in [2.24, 2.45) is 0 Å². The molecular weight excluding hydrogens is 398 g/mol. The Hall–Kier alpha value is -1.73. The first-order valence-electron chi connectivity index (χ1n) is 8.11. The van der Waals surface area contributed by atoms with Gasteiger partial charge in [-0.25, -0.2) is 21.6 Å². The third-order valence-electron chi connectivity index (χ3n) is 3.92. The van der Waals surface area contributed by atoms with Crippen molar-refractivity contribution in [2.75, 3.05) is 37.0 Å². The number of aliphatic hydroxyl groups is 1. The van der Waals surface area contributed by atoms with Crippen molar-refractivity contribution in [3.8, 4) is 5.75 Å². The molecular formula is C15H23N3O7S2. The van der Waals surface area contributed by atoms with Gasteiger partial charge in [0.25, 0.3) is 0 Å². The van der Waals surface area contributed by atoms with Crippen molar-refractivity contribution >= 4 is 31.5 Å². The highest BCUT2D eigenvalue weighted by Crippen LogP contribution is 2.27. The number of methoxy groups -OCH3 is 1. The number of carbonyl (C=O) groups excluding carboxylic acids is 1. The van der Waals surface area contributed by atoms with E-state index in [2.05, 4.69) is 15.4 Å². The minimum atomic E-state index is -3.94. The summed E-state index contributed by atoms with van der Waals surface area (Å²) in [6, 6.07) is 3.60. The number of ether oxygens (including phenoxy) is 1. The Kier molecular flexibility index (Phi) is 6.81. The molecule has 1 aliphatic rings. The summed E-state index contributed by atoms with van der Waals surface area (Å²) in [5, 5.41) is 15.0. The quantitative estimate of drug-likeness (QED) is 0.377. The van der Waals surface area contributed by atoms with Gasteiger partial charge in [-0.2, -0.15) is 0 Å². The van der Waals surface area contributed by atoms with E-state index in [9.17, 15) is 26.7 Å². The largest absolute Gasteiger partial charge is 0.495 e. The van der Waals surface area contributed by atoms with Crippen molar-refractivity contribution in [1.29, 1.82) is 0 Å². The molecule has 0 saturated carbocycles. The van der Waals surface area contributed by atoms with Crippen LogP contribution in [0.2, 0.25) is 0 Å². The number of anilines is 1. The predicted octanol–water partition coefficient (Wildman–Crippen LogP) is -1.32. The molecule has 0 radical (unpaired) electrons. The van der Waals surface area contributed by atoms with Gasteiger partial charge in [0.05, 0.1) is 24.7 Å². The van der Waals surface area contributed by atoms with E-state index in [-0.39, 0.29) is 41.1 Å². The third kappa shape index (κ3) is 5.87. The van der Waals surface area contributed by atoms with Gasteiger partial charge in [-0.1, -0.05) is 0 Å². The number of amides is 1. The van der Waals surface area contributed by atoms with E-state index in [0.717, 1.165) is 0 Å². The Labute approximate surface area is 158 Å². The third-order valence-corrected chi connectivity index (χ3v) is 7.12. The molecule has 4 N–H and O–H groups in total. The molecule has 0 spiro atoms. The standard InChI is InChI=1S/C15H23N3O7S2/c1-10(19)18-11-3-4-14(25-2)15(7-11)27(23,24)17-6-5-16-12-8-26(21,22)9-13(12)20/h3-4,7,12-13,16-17,20H,5-6,8-9H2,1-2H3,(H,18,19)/t12-,13-/m1/s1. The van der Waals surface area contributed by atoms with Crippen molar-refractivity contribution in [3.05, 3.63) is 18.2 Å². The van der Waals surface area contributed by atoms with Gasteiger partial charge in [0, 0.05) is 31.7 Å². The van der Waals surface area contributed by atoms with Gasteiger partial charge in [0.15, 0.2) is 9.84 Å².